The van der Waals surface area contributed by atoms with Crippen LogP contribution in [-0.4, -0.2) is 76.0 Å². The third-order valence-corrected chi connectivity index (χ3v) is 3.95. The zero-order valence-corrected chi connectivity index (χ0v) is 13.3. The van der Waals surface area contributed by atoms with Crippen molar-refractivity contribution in [1.82, 2.24) is 0 Å². The number of morpholine rings is 1. The van der Waals surface area contributed by atoms with Crippen molar-refractivity contribution in [3.8, 4) is 0 Å². The Labute approximate surface area is 125 Å². The van der Waals surface area contributed by atoms with E-state index in [-0.39, 0.29) is 25.1 Å². The molecule has 0 spiro atoms. The van der Waals surface area contributed by atoms with Gasteiger partial charge >= 0.3 is 5.97 Å². The summed E-state index contributed by atoms with van der Waals surface area (Å²) in [6, 6.07) is 0. The van der Waals surface area contributed by atoms with Crippen molar-refractivity contribution in [2.24, 2.45) is 5.92 Å². The zero-order valence-electron chi connectivity index (χ0n) is 12.4. The molecule has 21 heavy (non-hydrogen) atoms. The van der Waals surface area contributed by atoms with Gasteiger partial charge < -0.3 is 18.5 Å². The summed E-state index contributed by atoms with van der Waals surface area (Å²) >= 11 is 0. The minimum atomic E-state index is -4.67. The van der Waals surface area contributed by atoms with Gasteiger partial charge in [-0.3, -0.25) is 8.98 Å². The molecule has 0 unspecified atom stereocenters. The third-order valence-electron chi connectivity index (χ3n) is 3.49. The first kappa shape index (κ1) is 18.3. The summed E-state index contributed by atoms with van der Waals surface area (Å²) in [5.74, 6) is -0.447. The maximum atomic E-state index is 11.4. The highest BCUT2D eigenvalue weighted by Gasteiger charge is 2.30. The molecule has 0 aliphatic carbocycles. The molecule has 1 fully saturated rings. The van der Waals surface area contributed by atoms with Gasteiger partial charge in [0.2, 0.25) is 10.4 Å². The molecule has 1 aliphatic rings. The number of esters is 1. The van der Waals surface area contributed by atoms with E-state index in [0.29, 0.717) is 43.9 Å². The number of hydrogen-bond donors (Lipinski definition) is 0. The average Bonchev–Trinajstić information content (AvgIpc) is 2.38. The van der Waals surface area contributed by atoms with Gasteiger partial charge in [-0.05, 0) is 0 Å². The van der Waals surface area contributed by atoms with Crippen LogP contribution in [0.25, 0.3) is 0 Å². The molecule has 0 saturated carbocycles. The first-order chi connectivity index (χ1) is 9.74. The predicted molar refractivity (Wildman–Crippen MR) is 72.0 cm³/mol. The van der Waals surface area contributed by atoms with Crippen LogP contribution in [0.4, 0.5) is 0 Å². The highest BCUT2D eigenvalue weighted by molar-refractivity contribution is 7.80. The molecule has 0 amide bonds. The van der Waals surface area contributed by atoms with Gasteiger partial charge in [-0.15, -0.1) is 0 Å². The number of nitrogens with zero attached hydrogens (tertiary/aromatic N) is 1. The van der Waals surface area contributed by atoms with Crippen LogP contribution in [0, 0.1) is 5.92 Å². The van der Waals surface area contributed by atoms with Gasteiger partial charge in [0.05, 0.1) is 19.1 Å². The highest BCUT2D eigenvalue weighted by Crippen LogP contribution is 2.12. The lowest BCUT2D eigenvalue weighted by Gasteiger charge is -2.41. The molecule has 1 rings (SSSR count). The van der Waals surface area contributed by atoms with Gasteiger partial charge in [-0.1, -0.05) is 13.8 Å². The molecule has 124 valence electrons. The third kappa shape index (κ3) is 7.18. The van der Waals surface area contributed by atoms with Crippen LogP contribution in [0.15, 0.2) is 0 Å². The maximum absolute atomic E-state index is 11.4. The van der Waals surface area contributed by atoms with Gasteiger partial charge in [0.15, 0.2) is 0 Å². The summed E-state index contributed by atoms with van der Waals surface area (Å²) in [5, 5.41) is 0. The Hall–Kier alpha value is -0.740. The van der Waals surface area contributed by atoms with Crippen molar-refractivity contribution in [2.75, 3.05) is 52.6 Å². The van der Waals surface area contributed by atoms with Crippen LogP contribution < -0.4 is 0 Å². The van der Waals surface area contributed by atoms with Crippen LogP contribution in [0.1, 0.15) is 13.8 Å². The first-order valence-electron chi connectivity index (χ1n) is 6.94. The largest absolute Gasteiger partial charge is 0.726 e. The van der Waals surface area contributed by atoms with Crippen molar-refractivity contribution < 1.29 is 35.9 Å². The van der Waals surface area contributed by atoms with E-state index in [2.05, 4.69) is 4.18 Å². The lowest BCUT2D eigenvalue weighted by Crippen LogP contribution is -2.58. The molecule has 0 N–H and O–H groups in total. The zero-order chi connectivity index (χ0) is 15.9. The second-order valence-electron chi connectivity index (χ2n) is 5.40. The lowest BCUT2D eigenvalue weighted by molar-refractivity contribution is -0.935. The van der Waals surface area contributed by atoms with E-state index in [0.717, 1.165) is 0 Å². The Morgan fingerprint density at radius 3 is 2.33 bits per heavy atom. The molecule has 8 nitrogen and oxygen atoms in total. The molecule has 0 atom stereocenters. The summed E-state index contributed by atoms with van der Waals surface area (Å²) in [6.45, 7) is 6.93. The van der Waals surface area contributed by atoms with E-state index in [1.165, 1.54) is 0 Å². The summed E-state index contributed by atoms with van der Waals surface area (Å²) in [5.41, 5.74) is 0. The topological polar surface area (TPSA) is 102 Å². The predicted octanol–water partition coefficient (Wildman–Crippen LogP) is -0.491. The second kappa shape index (κ2) is 8.04. The van der Waals surface area contributed by atoms with E-state index >= 15 is 0 Å². The van der Waals surface area contributed by atoms with Gasteiger partial charge in [-0.25, -0.2) is 8.42 Å². The molecule has 0 radical (unpaired) electrons. The Morgan fingerprint density at radius 1 is 1.24 bits per heavy atom. The van der Waals surface area contributed by atoms with Gasteiger partial charge in [0, 0.05) is 0 Å². The van der Waals surface area contributed by atoms with E-state index in [1.54, 1.807) is 13.8 Å². The van der Waals surface area contributed by atoms with Crippen LogP contribution >= 0.6 is 0 Å². The number of carbonyl (C=O) groups excluding carboxylic acids is 1. The van der Waals surface area contributed by atoms with E-state index < -0.39 is 10.4 Å². The van der Waals surface area contributed by atoms with Gasteiger partial charge in [0.1, 0.15) is 39.4 Å². The summed E-state index contributed by atoms with van der Waals surface area (Å²) < 4.78 is 46.7. The fraction of sp³-hybridized carbons (Fsp3) is 0.917. The number of ether oxygens (including phenoxy) is 2. The standard InChI is InChI=1S/C12H23NO7S/c1-11(2)12(14)19-9-5-13(3-7-18-8-4-13)6-10-20-21(15,16)17/h11H,3-10H2,1-2H3. The summed E-state index contributed by atoms with van der Waals surface area (Å²) in [6.07, 6.45) is 0. The normalized spacial score (nSPS) is 18.7. The molecule has 9 heteroatoms. The number of hydrogen-bond acceptors (Lipinski definition) is 7. The van der Waals surface area contributed by atoms with Crippen molar-refractivity contribution in [3.63, 3.8) is 0 Å². The Kier molecular flexibility index (Phi) is 7.01. The van der Waals surface area contributed by atoms with E-state index in [4.69, 9.17) is 9.47 Å². The Bertz CT molecular complexity index is 429. The minimum Gasteiger partial charge on any atom is -0.726 e. The van der Waals surface area contributed by atoms with Gasteiger partial charge in [-0.2, -0.15) is 0 Å². The fourth-order valence-electron chi connectivity index (χ4n) is 2.13. The molecule has 1 aliphatic heterocycles. The van der Waals surface area contributed by atoms with Gasteiger partial charge in [0.25, 0.3) is 0 Å². The lowest BCUT2D eigenvalue weighted by atomic mass is 10.2. The van der Waals surface area contributed by atoms with Crippen LogP contribution in [0.3, 0.4) is 0 Å². The monoisotopic (exact) mass is 325 g/mol. The Balaban J connectivity index is 2.47. The molecule has 0 aromatic carbocycles. The van der Waals surface area contributed by atoms with Crippen molar-refractivity contribution in [3.05, 3.63) is 0 Å². The first-order valence-corrected chi connectivity index (χ1v) is 8.27. The summed E-state index contributed by atoms with van der Waals surface area (Å²) in [4.78, 5) is 11.4. The molecule has 0 aromatic rings. The maximum Gasteiger partial charge on any atom is 0.308 e. The Morgan fingerprint density at radius 2 is 1.81 bits per heavy atom. The van der Waals surface area contributed by atoms with Crippen LogP contribution in [0.2, 0.25) is 0 Å². The SMILES string of the molecule is CC(C)C(=O)OCC[N+]1(CCOS(=O)(=O)[O-])CCOCC1. The van der Waals surface area contributed by atoms with Crippen LogP contribution in [-0.2, 0) is 28.9 Å². The number of carbonyl (C=O) groups is 1. The number of quaternary nitrogens is 1. The van der Waals surface area contributed by atoms with E-state index in [1.807, 2.05) is 0 Å². The number of rotatable bonds is 8. The van der Waals surface area contributed by atoms with Crippen molar-refractivity contribution in [2.45, 2.75) is 13.8 Å². The molecule has 0 bridgehead atoms. The summed E-state index contributed by atoms with van der Waals surface area (Å²) in [7, 11) is -4.67. The quantitative estimate of drug-likeness (QED) is 0.257. The smallest absolute Gasteiger partial charge is 0.308 e. The second-order valence-corrected chi connectivity index (χ2v) is 6.45. The van der Waals surface area contributed by atoms with Crippen LogP contribution in [0.5, 0.6) is 0 Å². The fourth-order valence-corrected chi connectivity index (χ4v) is 2.41. The highest BCUT2D eigenvalue weighted by atomic mass is 32.3. The van der Waals surface area contributed by atoms with E-state index in [9.17, 15) is 17.8 Å². The molecule has 0 aromatic heterocycles. The van der Waals surface area contributed by atoms with Crippen molar-refractivity contribution >= 4 is 16.4 Å². The molecular formula is C12H23NO7S. The molecule has 1 heterocycles. The average molecular weight is 325 g/mol. The molecular weight excluding hydrogens is 302 g/mol. The molecule has 1 saturated heterocycles. The van der Waals surface area contributed by atoms with Crippen molar-refractivity contribution in [1.29, 1.82) is 0 Å². The minimum absolute atomic E-state index is 0.177.